The summed E-state index contributed by atoms with van der Waals surface area (Å²) < 4.78 is 7.58. The number of nitrogen functional groups attached to an aromatic ring is 1. The molecule has 0 spiro atoms. The number of oxime groups is 1. The molecule has 39 heavy (non-hydrogen) atoms. The van der Waals surface area contributed by atoms with Gasteiger partial charge in [0, 0.05) is 35.5 Å². The number of nitrogens with two attached hydrogens (primary N) is 2. The first-order valence-corrected chi connectivity index (χ1v) is 13.3. The van der Waals surface area contributed by atoms with Crippen molar-refractivity contribution in [2.24, 2.45) is 10.9 Å². The lowest BCUT2D eigenvalue weighted by molar-refractivity contribution is -0.768. The van der Waals surface area contributed by atoms with Crippen molar-refractivity contribution in [2.45, 2.75) is 44.0 Å². The van der Waals surface area contributed by atoms with E-state index in [1.807, 2.05) is 15.6 Å². The van der Waals surface area contributed by atoms with E-state index in [-0.39, 0.29) is 23.2 Å². The van der Waals surface area contributed by atoms with Crippen LogP contribution in [0.15, 0.2) is 34.9 Å². The number of hydrogen-bond donors (Lipinski definition) is 5. The minimum Gasteiger partial charge on any atom is -0.478 e. The van der Waals surface area contributed by atoms with Gasteiger partial charge in [-0.1, -0.05) is 5.16 Å². The fourth-order valence-corrected chi connectivity index (χ4v) is 5.58. The molecule has 0 unspecified atom stereocenters. The Morgan fingerprint density at radius 3 is 2.72 bits per heavy atom. The van der Waals surface area contributed by atoms with Crippen molar-refractivity contribution in [3.8, 4) is 0 Å². The molecule has 1 saturated heterocycles. The number of carbonyl (C=O) groups excluding carboxylic acids is 2. The summed E-state index contributed by atoms with van der Waals surface area (Å²) in [4.78, 5) is 59.9. The zero-order valence-corrected chi connectivity index (χ0v) is 22.4. The Bertz CT molecular complexity index is 1380. The summed E-state index contributed by atoms with van der Waals surface area (Å²) in [6, 6.07) is 0.724. The number of fused-ring (bicyclic) bond motifs is 1. The highest BCUT2D eigenvalue weighted by atomic mass is 32.2. The molecule has 0 aromatic carbocycles. The maximum absolute atomic E-state index is 13.1. The molecule has 2 aromatic heterocycles. The van der Waals surface area contributed by atoms with E-state index in [2.05, 4.69) is 19.8 Å². The molecule has 7 N–H and O–H groups in total. The first kappa shape index (κ1) is 28.0. The highest BCUT2D eigenvalue weighted by Gasteiger charge is 2.55. The van der Waals surface area contributed by atoms with Gasteiger partial charge in [-0.3, -0.25) is 14.5 Å². The van der Waals surface area contributed by atoms with Crippen molar-refractivity contribution in [1.29, 1.82) is 0 Å². The van der Waals surface area contributed by atoms with Crippen LogP contribution in [0.3, 0.4) is 0 Å². The van der Waals surface area contributed by atoms with Gasteiger partial charge < -0.3 is 31.8 Å². The number of carboxylic acids is 2. The number of carbonyl (C=O) groups is 4. The second-order valence-electron chi connectivity index (χ2n) is 8.96. The maximum atomic E-state index is 13.1. The van der Waals surface area contributed by atoms with Crippen LogP contribution in [-0.4, -0.2) is 87.9 Å². The van der Waals surface area contributed by atoms with E-state index >= 15 is 0 Å². The summed E-state index contributed by atoms with van der Waals surface area (Å²) in [7, 11) is 0. The quantitative estimate of drug-likeness (QED) is 0.0856. The number of β-lactam (4-membered cyclic amide) rings is 1. The van der Waals surface area contributed by atoms with E-state index in [0.29, 0.717) is 24.4 Å². The van der Waals surface area contributed by atoms with Crippen molar-refractivity contribution in [3.63, 3.8) is 0 Å². The van der Waals surface area contributed by atoms with Crippen LogP contribution in [0.2, 0.25) is 0 Å². The summed E-state index contributed by atoms with van der Waals surface area (Å²) in [6.45, 7) is 3.62. The Hall–Kier alpha value is -4.03. The number of nitrogens with one attached hydrogen (secondary N) is 1. The molecule has 2 aliphatic rings. The molecule has 0 aliphatic carbocycles. The number of hydrogen-bond acceptors (Lipinski definition) is 12. The average molecular weight is 581 g/mol. The SMILES string of the molecule is CC(C)(O/N=C(/C(=O)N[C@@H]1C(=O)N2C(C(=O)O)=C(C[n+]3cccn3CCN)CS[C@H]12)c1nsc(N)n1)C(=O)O. The van der Waals surface area contributed by atoms with Gasteiger partial charge in [0.05, 0.1) is 12.7 Å². The van der Waals surface area contributed by atoms with Crippen LogP contribution in [0.1, 0.15) is 19.7 Å². The van der Waals surface area contributed by atoms with Crippen LogP contribution in [0.4, 0.5) is 5.13 Å². The number of rotatable bonds is 11. The molecule has 2 aromatic rings. The summed E-state index contributed by atoms with van der Waals surface area (Å²) >= 11 is 2.07. The fourth-order valence-electron chi connectivity index (χ4n) is 3.81. The Labute approximate surface area is 229 Å². The van der Waals surface area contributed by atoms with Crippen LogP contribution < -0.4 is 21.5 Å². The fraction of sp³-hybridized carbons (Fsp3) is 0.429. The van der Waals surface area contributed by atoms with Crippen LogP contribution >= 0.6 is 23.3 Å². The van der Waals surface area contributed by atoms with Gasteiger partial charge in [-0.05, 0) is 13.8 Å². The molecule has 1 fully saturated rings. The third-order valence-electron chi connectivity index (χ3n) is 5.84. The Morgan fingerprint density at radius 1 is 1.36 bits per heavy atom. The minimum atomic E-state index is -1.78. The van der Waals surface area contributed by atoms with E-state index in [1.165, 1.54) is 25.6 Å². The zero-order chi connectivity index (χ0) is 28.5. The number of thioether (sulfide) groups is 1. The predicted octanol–water partition coefficient (Wildman–Crippen LogP) is -1.81. The van der Waals surface area contributed by atoms with Gasteiger partial charge in [0.2, 0.25) is 17.1 Å². The molecule has 4 rings (SSSR count). The summed E-state index contributed by atoms with van der Waals surface area (Å²) in [5.41, 5.74) is 9.37. The van der Waals surface area contributed by atoms with Crippen LogP contribution in [0.5, 0.6) is 0 Å². The molecule has 16 nitrogen and oxygen atoms in total. The number of nitrogens with zero attached hydrogens (tertiary/aromatic N) is 6. The monoisotopic (exact) mass is 580 g/mol. The number of anilines is 1. The molecule has 0 radical (unpaired) electrons. The van der Waals surface area contributed by atoms with Gasteiger partial charge in [-0.2, -0.15) is 14.0 Å². The van der Waals surface area contributed by atoms with Crippen LogP contribution in [0.25, 0.3) is 0 Å². The van der Waals surface area contributed by atoms with Gasteiger partial charge >= 0.3 is 11.9 Å². The predicted molar refractivity (Wildman–Crippen MR) is 137 cm³/mol. The number of aliphatic carboxylic acids is 2. The Morgan fingerprint density at radius 2 is 2.10 bits per heavy atom. The third kappa shape index (κ3) is 5.57. The summed E-state index contributed by atoms with van der Waals surface area (Å²) in [5, 5.41) is 24.7. The number of aromatic nitrogens is 4. The topological polar surface area (TPSA) is 232 Å². The van der Waals surface area contributed by atoms with E-state index < -0.39 is 46.5 Å². The first-order chi connectivity index (χ1) is 18.4. The van der Waals surface area contributed by atoms with Gasteiger partial charge in [-0.15, -0.1) is 16.4 Å². The van der Waals surface area contributed by atoms with Gasteiger partial charge in [0.25, 0.3) is 11.8 Å². The lowest BCUT2D eigenvalue weighted by Gasteiger charge is -2.49. The molecule has 4 heterocycles. The third-order valence-corrected chi connectivity index (χ3v) is 7.72. The number of amides is 2. The largest absolute Gasteiger partial charge is 0.478 e. The van der Waals surface area contributed by atoms with Crippen LogP contribution in [0, 0.1) is 0 Å². The normalized spacial score (nSPS) is 19.4. The van der Waals surface area contributed by atoms with Gasteiger partial charge in [0.15, 0.2) is 17.9 Å². The van der Waals surface area contributed by atoms with E-state index in [9.17, 15) is 29.4 Å². The molecule has 0 saturated carbocycles. The standard InChI is InChI=1S/C21H25N9O7S2/c1-21(2,19(35)36)37-26-11(14-25-20(23)39-27-14)15(31)24-12-16(32)30-13(18(33)34)10(9-38-17(12)30)8-29-6-3-5-28(29)7-4-22/h3,5-6,12,17H,4,7-9,22H2,1-2H3,(H4-,23,24,25,27,31,33,34,35,36)/p+1/b26-11+/t12-,17-/m1/s1. The molecule has 2 aliphatic heterocycles. The molecule has 0 bridgehead atoms. The van der Waals surface area contributed by atoms with Crippen molar-refractivity contribution >= 4 is 57.9 Å². The van der Waals surface area contributed by atoms with E-state index in [1.54, 1.807) is 12.3 Å². The van der Waals surface area contributed by atoms with Gasteiger partial charge in [-0.25, -0.2) is 9.59 Å². The average Bonchev–Trinajstić information content (AvgIpc) is 3.50. The van der Waals surface area contributed by atoms with E-state index in [4.69, 9.17) is 16.3 Å². The minimum absolute atomic E-state index is 0.0240. The van der Waals surface area contributed by atoms with Crippen molar-refractivity contribution in [2.75, 3.05) is 18.0 Å². The number of carboxylic acid groups (broad SMARTS) is 2. The molecule has 18 heteroatoms. The Kier molecular flexibility index (Phi) is 7.89. The molecule has 208 valence electrons. The van der Waals surface area contributed by atoms with Crippen molar-refractivity contribution < 1.29 is 38.9 Å². The molecular weight excluding hydrogens is 554 g/mol. The summed E-state index contributed by atoms with van der Waals surface area (Å²) in [5.74, 6) is -4.08. The summed E-state index contributed by atoms with van der Waals surface area (Å²) in [6.07, 6.45) is 3.60. The lowest BCUT2D eigenvalue weighted by atomic mass is 10.0. The maximum Gasteiger partial charge on any atom is 0.352 e. The highest BCUT2D eigenvalue weighted by molar-refractivity contribution is 8.00. The highest BCUT2D eigenvalue weighted by Crippen LogP contribution is 2.40. The molecule has 2 atom stereocenters. The first-order valence-electron chi connectivity index (χ1n) is 11.5. The zero-order valence-electron chi connectivity index (χ0n) is 20.8. The Balaban J connectivity index is 1.55. The molecule has 2 amide bonds. The molecular formula is C21H26N9O7S2+. The second-order valence-corrected chi connectivity index (χ2v) is 10.8. The second kappa shape index (κ2) is 11.0. The van der Waals surface area contributed by atoms with Crippen LogP contribution in [-0.2, 0) is 37.1 Å². The van der Waals surface area contributed by atoms with Crippen molar-refractivity contribution in [3.05, 3.63) is 35.6 Å². The van der Waals surface area contributed by atoms with E-state index in [0.717, 1.165) is 16.4 Å². The van der Waals surface area contributed by atoms with Gasteiger partial charge in [0.1, 0.15) is 17.1 Å². The lowest BCUT2D eigenvalue weighted by Crippen LogP contribution is -2.71. The van der Waals surface area contributed by atoms with Crippen molar-refractivity contribution in [1.82, 2.24) is 24.3 Å². The smallest absolute Gasteiger partial charge is 0.352 e.